The molecule has 0 aromatic heterocycles. The molecule has 3 aliphatic heterocycles. The minimum atomic E-state index is -0.179. The Kier molecular flexibility index (Phi) is 11.1. The van der Waals surface area contributed by atoms with Crippen LogP contribution in [0.15, 0.2) is 54.6 Å². The monoisotopic (exact) mass is 538 g/mol. The standard InChI is InChI=1S/C33H46O6/c34-31-15-7-2-1-6-14-27-28(30(24-29(27)38-31)39-33-17-9-11-23-36-33)21-20-26(37-32-16-8-10-22-35-32)19-18-25-12-4-3-5-13-25/h1,3-6,12-13,20-21,26-30,32-33H,2,7-11,14-19,22-24H2/b6-1-,21-20+/t26-,27+,28+,29-,30+,32?,33?/m0/s1. The van der Waals surface area contributed by atoms with Crippen molar-refractivity contribution in [3.8, 4) is 0 Å². The van der Waals surface area contributed by atoms with Gasteiger partial charge in [-0.05, 0) is 76.2 Å². The lowest BCUT2D eigenvalue weighted by atomic mass is 9.89. The van der Waals surface area contributed by atoms with Crippen LogP contribution in [0.5, 0.6) is 0 Å². The van der Waals surface area contributed by atoms with Gasteiger partial charge in [-0.25, -0.2) is 0 Å². The van der Waals surface area contributed by atoms with E-state index >= 15 is 0 Å². The van der Waals surface area contributed by atoms with E-state index in [0.29, 0.717) is 12.8 Å². The Morgan fingerprint density at radius 1 is 0.949 bits per heavy atom. The lowest BCUT2D eigenvalue weighted by Crippen LogP contribution is -2.31. The SMILES string of the molecule is O=C1CCC/C=C\C[C@@H]2[C@@H](/C=C/[C@H](CCc3ccccc3)OC3CCCCO3)[C@H](OC3CCCCO3)C[C@@H]2O1. The van der Waals surface area contributed by atoms with Gasteiger partial charge in [-0.1, -0.05) is 54.6 Å². The summed E-state index contributed by atoms with van der Waals surface area (Å²) in [6.07, 6.45) is 20.4. The minimum absolute atomic E-state index is 0.0537. The number of rotatable bonds is 9. The molecule has 2 unspecified atom stereocenters. The zero-order chi connectivity index (χ0) is 26.7. The first kappa shape index (κ1) is 28.5. The van der Waals surface area contributed by atoms with E-state index in [1.54, 1.807) is 0 Å². The number of hydrogen-bond acceptors (Lipinski definition) is 6. The highest BCUT2D eigenvalue weighted by Crippen LogP contribution is 2.41. The Labute approximate surface area is 234 Å². The number of allylic oxidation sites excluding steroid dienone is 2. The van der Waals surface area contributed by atoms with Crippen LogP contribution in [0.3, 0.4) is 0 Å². The van der Waals surface area contributed by atoms with Crippen molar-refractivity contribution < 1.29 is 28.5 Å². The summed E-state index contributed by atoms with van der Waals surface area (Å²) < 4.78 is 31.1. The Morgan fingerprint density at radius 3 is 2.51 bits per heavy atom. The molecule has 0 bridgehead atoms. The first-order chi connectivity index (χ1) is 19.2. The third-order valence-corrected chi connectivity index (χ3v) is 8.51. The fourth-order valence-corrected chi connectivity index (χ4v) is 6.35. The van der Waals surface area contributed by atoms with E-state index in [4.69, 9.17) is 23.7 Å². The predicted molar refractivity (Wildman–Crippen MR) is 150 cm³/mol. The summed E-state index contributed by atoms with van der Waals surface area (Å²) >= 11 is 0. The molecule has 4 aliphatic rings. The fourth-order valence-electron chi connectivity index (χ4n) is 6.35. The van der Waals surface area contributed by atoms with Gasteiger partial charge in [0.1, 0.15) is 6.10 Å². The lowest BCUT2D eigenvalue weighted by molar-refractivity contribution is -0.193. The van der Waals surface area contributed by atoms with Crippen molar-refractivity contribution in [1.82, 2.24) is 0 Å². The summed E-state index contributed by atoms with van der Waals surface area (Å²) in [4.78, 5) is 12.6. The Balaban J connectivity index is 1.34. The Morgan fingerprint density at radius 2 is 1.74 bits per heavy atom. The molecule has 1 aromatic rings. The summed E-state index contributed by atoms with van der Waals surface area (Å²) in [6, 6.07) is 10.6. The Hall–Kier alpha value is -1.99. The van der Waals surface area contributed by atoms with Gasteiger partial charge in [-0.15, -0.1) is 0 Å². The molecule has 0 N–H and O–H groups in total. The number of fused-ring (bicyclic) bond motifs is 1. The molecule has 0 spiro atoms. The minimum Gasteiger partial charge on any atom is -0.462 e. The number of ether oxygens (including phenoxy) is 5. The topological polar surface area (TPSA) is 63.2 Å². The van der Waals surface area contributed by atoms with Crippen molar-refractivity contribution in [2.75, 3.05) is 13.2 Å². The van der Waals surface area contributed by atoms with Gasteiger partial charge in [0.25, 0.3) is 0 Å². The van der Waals surface area contributed by atoms with Crippen molar-refractivity contribution in [2.45, 2.75) is 114 Å². The van der Waals surface area contributed by atoms with Crippen LogP contribution in [0.4, 0.5) is 0 Å². The molecular formula is C33H46O6. The Bertz CT molecular complexity index is 917. The molecule has 6 nitrogen and oxygen atoms in total. The van der Waals surface area contributed by atoms with Crippen molar-refractivity contribution in [2.24, 2.45) is 11.8 Å². The third-order valence-electron chi connectivity index (χ3n) is 8.51. The van der Waals surface area contributed by atoms with Crippen LogP contribution in [-0.4, -0.2) is 50.1 Å². The maximum Gasteiger partial charge on any atom is 0.306 e. The summed E-state index contributed by atoms with van der Waals surface area (Å²) in [6.45, 7) is 1.51. The third kappa shape index (κ3) is 8.75. The molecule has 0 amide bonds. The molecule has 3 heterocycles. The molecule has 1 aliphatic carbocycles. The van der Waals surface area contributed by atoms with Crippen LogP contribution in [0.25, 0.3) is 0 Å². The molecule has 5 rings (SSSR count). The number of esters is 1. The quantitative estimate of drug-likeness (QED) is 0.258. The molecule has 6 heteroatoms. The molecule has 7 atom stereocenters. The van der Waals surface area contributed by atoms with Gasteiger partial charge >= 0.3 is 5.97 Å². The molecular weight excluding hydrogens is 492 g/mol. The number of benzene rings is 1. The van der Waals surface area contributed by atoms with Crippen LogP contribution in [0.1, 0.15) is 82.6 Å². The van der Waals surface area contributed by atoms with Crippen LogP contribution in [0.2, 0.25) is 0 Å². The van der Waals surface area contributed by atoms with Gasteiger partial charge in [0.15, 0.2) is 12.6 Å². The van der Waals surface area contributed by atoms with E-state index in [1.165, 1.54) is 5.56 Å². The summed E-state index contributed by atoms with van der Waals surface area (Å²) in [5, 5.41) is 0. The smallest absolute Gasteiger partial charge is 0.306 e. The lowest BCUT2D eigenvalue weighted by Gasteiger charge is -2.30. The van der Waals surface area contributed by atoms with Crippen LogP contribution < -0.4 is 0 Å². The summed E-state index contributed by atoms with van der Waals surface area (Å²) in [7, 11) is 0. The molecule has 39 heavy (non-hydrogen) atoms. The average molecular weight is 539 g/mol. The first-order valence-electron chi connectivity index (χ1n) is 15.4. The second-order valence-corrected chi connectivity index (χ2v) is 11.5. The van der Waals surface area contributed by atoms with Gasteiger partial charge in [0, 0.05) is 37.9 Å². The maximum atomic E-state index is 12.6. The van der Waals surface area contributed by atoms with Crippen LogP contribution >= 0.6 is 0 Å². The largest absolute Gasteiger partial charge is 0.462 e. The van der Waals surface area contributed by atoms with Crippen molar-refractivity contribution >= 4 is 5.97 Å². The maximum absolute atomic E-state index is 12.6. The van der Waals surface area contributed by atoms with Crippen molar-refractivity contribution in [3.63, 3.8) is 0 Å². The zero-order valence-corrected chi connectivity index (χ0v) is 23.3. The predicted octanol–water partition coefficient (Wildman–Crippen LogP) is 6.68. The van der Waals surface area contributed by atoms with E-state index in [2.05, 4.69) is 54.6 Å². The molecule has 3 fully saturated rings. The van der Waals surface area contributed by atoms with Crippen LogP contribution in [0, 0.1) is 11.8 Å². The van der Waals surface area contributed by atoms with E-state index in [9.17, 15) is 4.79 Å². The average Bonchev–Trinajstić information content (AvgIpc) is 3.28. The van der Waals surface area contributed by atoms with Crippen molar-refractivity contribution in [1.29, 1.82) is 0 Å². The van der Waals surface area contributed by atoms with Gasteiger partial charge in [0.05, 0.1) is 12.2 Å². The van der Waals surface area contributed by atoms with Gasteiger partial charge in [-0.2, -0.15) is 0 Å². The zero-order valence-electron chi connectivity index (χ0n) is 23.3. The number of carbonyl (C=O) groups excluding carboxylic acids is 1. The number of aryl methyl sites for hydroxylation is 1. The highest BCUT2D eigenvalue weighted by molar-refractivity contribution is 5.69. The first-order valence-corrected chi connectivity index (χ1v) is 15.4. The normalized spacial score (nSPS) is 33.8. The van der Waals surface area contributed by atoms with E-state index < -0.39 is 0 Å². The van der Waals surface area contributed by atoms with E-state index in [1.807, 2.05) is 0 Å². The van der Waals surface area contributed by atoms with Gasteiger partial charge < -0.3 is 23.7 Å². The molecule has 214 valence electrons. The van der Waals surface area contributed by atoms with E-state index in [0.717, 1.165) is 83.8 Å². The summed E-state index contributed by atoms with van der Waals surface area (Å²) in [5.74, 6) is 0.206. The van der Waals surface area contributed by atoms with Gasteiger partial charge in [-0.3, -0.25) is 4.79 Å². The van der Waals surface area contributed by atoms with Crippen molar-refractivity contribution in [3.05, 3.63) is 60.2 Å². The number of hydrogen-bond donors (Lipinski definition) is 0. The highest BCUT2D eigenvalue weighted by Gasteiger charge is 2.45. The second kappa shape index (κ2) is 15.1. The van der Waals surface area contributed by atoms with Gasteiger partial charge in [0.2, 0.25) is 0 Å². The molecule has 1 aromatic carbocycles. The van der Waals surface area contributed by atoms with E-state index in [-0.39, 0.29) is 48.7 Å². The summed E-state index contributed by atoms with van der Waals surface area (Å²) in [5.41, 5.74) is 1.31. The molecule has 1 saturated carbocycles. The number of carbonyl (C=O) groups is 1. The highest BCUT2D eigenvalue weighted by atomic mass is 16.7. The molecule has 2 saturated heterocycles. The second-order valence-electron chi connectivity index (χ2n) is 11.5. The van der Waals surface area contributed by atoms with Crippen LogP contribution in [-0.2, 0) is 34.9 Å². The fraction of sp³-hybridized carbons (Fsp3) is 0.667. The molecule has 0 radical (unpaired) electrons.